The Hall–Kier alpha value is -2.48. The van der Waals surface area contributed by atoms with Gasteiger partial charge >= 0.3 is 5.97 Å². The van der Waals surface area contributed by atoms with E-state index in [2.05, 4.69) is 5.32 Å². The normalized spacial score (nSPS) is 25.4. The van der Waals surface area contributed by atoms with Gasteiger partial charge in [-0.25, -0.2) is 4.79 Å². The number of carbonyl (C=O) groups is 3. The topological polar surface area (TPSA) is 95.9 Å². The number of thioether (sulfide) groups is 1. The van der Waals surface area contributed by atoms with E-state index in [0.29, 0.717) is 11.3 Å². The van der Waals surface area contributed by atoms with Crippen molar-refractivity contribution < 1.29 is 24.2 Å². The monoisotopic (exact) mass is 388 g/mol. The predicted octanol–water partition coefficient (Wildman–Crippen LogP) is 1.49. The number of carboxylic acid groups (broad SMARTS) is 1. The van der Waals surface area contributed by atoms with Crippen molar-refractivity contribution in [1.29, 1.82) is 0 Å². The Morgan fingerprint density at radius 3 is 2.52 bits per heavy atom. The maximum Gasteiger partial charge on any atom is 0.352 e. The quantitative estimate of drug-likeness (QED) is 0.742. The third kappa shape index (κ3) is 2.70. The minimum Gasteiger partial charge on any atom is -0.497 e. The van der Waals surface area contributed by atoms with Crippen molar-refractivity contribution >= 4 is 29.5 Å². The van der Waals surface area contributed by atoms with Gasteiger partial charge in [-0.1, -0.05) is 12.1 Å². The molecule has 0 unspecified atom stereocenters. The number of amides is 2. The molecule has 1 aliphatic carbocycles. The first-order valence-electron chi connectivity index (χ1n) is 8.72. The minimum atomic E-state index is -1.10. The zero-order valence-electron chi connectivity index (χ0n) is 15.0. The SMILES string of the molecule is COc1ccc(C2(C(=O)N[C@@H]3C(=O)N4C(C(=O)O)=C(C)CS[C@H]34)CC2)cc1. The number of methoxy groups -OCH3 is 1. The highest BCUT2D eigenvalue weighted by molar-refractivity contribution is 8.00. The molecule has 0 bridgehead atoms. The Bertz CT molecular complexity index is 859. The van der Waals surface area contributed by atoms with E-state index in [-0.39, 0.29) is 22.9 Å². The lowest BCUT2D eigenvalue weighted by Gasteiger charge is -2.49. The summed E-state index contributed by atoms with van der Waals surface area (Å²) in [7, 11) is 1.59. The Morgan fingerprint density at radius 1 is 1.30 bits per heavy atom. The third-order valence-electron chi connectivity index (χ3n) is 5.48. The summed E-state index contributed by atoms with van der Waals surface area (Å²) < 4.78 is 5.16. The summed E-state index contributed by atoms with van der Waals surface area (Å²) in [4.78, 5) is 38.3. The van der Waals surface area contributed by atoms with Crippen LogP contribution in [0, 0.1) is 0 Å². The molecule has 1 saturated carbocycles. The van der Waals surface area contributed by atoms with Crippen molar-refractivity contribution in [2.45, 2.75) is 36.6 Å². The van der Waals surface area contributed by atoms with Gasteiger partial charge in [-0.3, -0.25) is 14.5 Å². The molecule has 0 radical (unpaired) electrons. The molecule has 2 aliphatic heterocycles. The first-order chi connectivity index (χ1) is 12.9. The van der Waals surface area contributed by atoms with Crippen molar-refractivity contribution in [3.05, 3.63) is 41.1 Å². The average molecular weight is 388 g/mol. The number of nitrogens with zero attached hydrogens (tertiary/aromatic N) is 1. The summed E-state index contributed by atoms with van der Waals surface area (Å²) in [6, 6.07) is 6.72. The van der Waals surface area contributed by atoms with Crippen LogP contribution in [0.1, 0.15) is 25.3 Å². The van der Waals surface area contributed by atoms with E-state index in [1.165, 1.54) is 16.7 Å². The number of hydrogen-bond acceptors (Lipinski definition) is 5. The largest absolute Gasteiger partial charge is 0.497 e. The number of aliphatic carboxylic acids is 1. The standard InChI is InChI=1S/C19H20N2O5S/c1-10-9-27-16-13(15(22)21(16)14(10)17(23)24)20-18(25)19(7-8-19)11-3-5-12(26-2)6-4-11/h3-6,13,16H,7-9H2,1-2H3,(H,20,25)(H,23,24)/t13-,16-/m1/s1. The van der Waals surface area contributed by atoms with Crippen LogP contribution in [0.3, 0.4) is 0 Å². The van der Waals surface area contributed by atoms with Gasteiger partial charge in [0.15, 0.2) is 0 Å². The Morgan fingerprint density at radius 2 is 1.96 bits per heavy atom. The zero-order chi connectivity index (χ0) is 19.3. The lowest BCUT2D eigenvalue weighted by molar-refractivity contribution is -0.151. The minimum absolute atomic E-state index is 0.0468. The average Bonchev–Trinajstić information content (AvgIpc) is 3.47. The molecule has 2 N–H and O–H groups in total. The van der Waals surface area contributed by atoms with Crippen molar-refractivity contribution in [3.63, 3.8) is 0 Å². The van der Waals surface area contributed by atoms with E-state index >= 15 is 0 Å². The van der Waals surface area contributed by atoms with E-state index in [0.717, 1.165) is 24.2 Å². The van der Waals surface area contributed by atoms with Crippen LogP contribution < -0.4 is 10.1 Å². The Labute approximate surface area is 160 Å². The molecule has 1 aromatic carbocycles. The fraction of sp³-hybridized carbons (Fsp3) is 0.421. The number of ether oxygens (including phenoxy) is 1. The summed E-state index contributed by atoms with van der Waals surface area (Å²) in [6.07, 6.45) is 1.46. The molecule has 4 rings (SSSR count). The van der Waals surface area contributed by atoms with Crippen molar-refractivity contribution in [1.82, 2.24) is 10.2 Å². The summed E-state index contributed by atoms with van der Waals surface area (Å²) in [5.74, 6) is -0.377. The lowest BCUT2D eigenvalue weighted by atomic mass is 9.93. The van der Waals surface area contributed by atoms with Crippen molar-refractivity contribution in [3.8, 4) is 5.75 Å². The second-order valence-electron chi connectivity index (χ2n) is 7.11. The molecule has 0 aromatic heterocycles. The van der Waals surface area contributed by atoms with Crippen molar-refractivity contribution in [2.24, 2.45) is 0 Å². The molecule has 8 heteroatoms. The van der Waals surface area contributed by atoms with E-state index in [9.17, 15) is 19.5 Å². The molecule has 2 atom stereocenters. The number of rotatable bonds is 5. The molecule has 2 heterocycles. The van der Waals surface area contributed by atoms with Crippen LogP contribution >= 0.6 is 11.8 Å². The molecule has 7 nitrogen and oxygen atoms in total. The summed E-state index contributed by atoms with van der Waals surface area (Å²) in [6.45, 7) is 1.72. The van der Waals surface area contributed by atoms with Gasteiger partial charge in [-0.15, -0.1) is 11.8 Å². The summed E-state index contributed by atoms with van der Waals surface area (Å²) in [5, 5.41) is 11.9. The van der Waals surface area contributed by atoms with Crippen LogP contribution in [0.5, 0.6) is 5.75 Å². The van der Waals surface area contributed by atoms with Crippen LogP contribution in [-0.2, 0) is 19.8 Å². The van der Waals surface area contributed by atoms with Crippen LogP contribution in [0.15, 0.2) is 35.5 Å². The van der Waals surface area contributed by atoms with Gasteiger partial charge in [0, 0.05) is 5.75 Å². The van der Waals surface area contributed by atoms with Crippen LogP contribution in [0.4, 0.5) is 0 Å². The van der Waals surface area contributed by atoms with Gasteiger partial charge in [0.05, 0.1) is 12.5 Å². The first kappa shape index (κ1) is 17.9. The van der Waals surface area contributed by atoms with Gasteiger partial charge in [-0.05, 0) is 43.0 Å². The number of fused-ring (bicyclic) bond motifs is 1. The van der Waals surface area contributed by atoms with Gasteiger partial charge < -0.3 is 15.2 Å². The van der Waals surface area contributed by atoms with Crippen LogP contribution in [0.25, 0.3) is 0 Å². The van der Waals surface area contributed by atoms with Crippen LogP contribution in [-0.4, -0.2) is 52.1 Å². The highest BCUT2D eigenvalue weighted by Crippen LogP contribution is 2.49. The number of hydrogen-bond donors (Lipinski definition) is 2. The highest BCUT2D eigenvalue weighted by Gasteiger charge is 2.57. The first-order valence-corrected chi connectivity index (χ1v) is 9.77. The van der Waals surface area contributed by atoms with E-state index in [4.69, 9.17) is 4.74 Å². The maximum atomic E-state index is 12.9. The third-order valence-corrected chi connectivity index (χ3v) is 6.90. The molecular formula is C19H20N2O5S. The van der Waals surface area contributed by atoms with Gasteiger partial charge in [0.1, 0.15) is 22.9 Å². The molecule has 2 fully saturated rings. The fourth-order valence-electron chi connectivity index (χ4n) is 3.74. The maximum absolute atomic E-state index is 12.9. The van der Waals surface area contributed by atoms with Gasteiger partial charge in [0.2, 0.25) is 5.91 Å². The zero-order valence-corrected chi connectivity index (χ0v) is 15.8. The second kappa shape index (κ2) is 6.30. The smallest absolute Gasteiger partial charge is 0.352 e. The molecule has 0 spiro atoms. The molecule has 142 valence electrons. The molecule has 1 saturated heterocycles. The number of nitrogens with one attached hydrogen (secondary N) is 1. The van der Waals surface area contributed by atoms with Gasteiger partial charge in [-0.2, -0.15) is 0 Å². The molecule has 2 amide bonds. The van der Waals surface area contributed by atoms with Crippen molar-refractivity contribution in [2.75, 3.05) is 12.9 Å². The second-order valence-corrected chi connectivity index (χ2v) is 8.21. The Kier molecular flexibility index (Phi) is 4.18. The summed E-state index contributed by atoms with van der Waals surface area (Å²) in [5.41, 5.74) is 1.01. The number of benzene rings is 1. The Balaban J connectivity index is 1.50. The summed E-state index contributed by atoms with van der Waals surface area (Å²) >= 11 is 1.48. The predicted molar refractivity (Wildman–Crippen MR) is 99.3 cm³/mol. The molecule has 3 aliphatic rings. The number of carbonyl (C=O) groups excluding carboxylic acids is 2. The van der Waals surface area contributed by atoms with E-state index in [1.54, 1.807) is 14.0 Å². The molecular weight excluding hydrogens is 368 g/mol. The highest BCUT2D eigenvalue weighted by atomic mass is 32.2. The van der Waals surface area contributed by atoms with Gasteiger partial charge in [0.25, 0.3) is 5.91 Å². The van der Waals surface area contributed by atoms with E-state index in [1.807, 2.05) is 24.3 Å². The number of β-lactam (4-membered cyclic amide) rings is 1. The number of carboxylic acids is 1. The van der Waals surface area contributed by atoms with E-state index < -0.39 is 17.4 Å². The lowest BCUT2D eigenvalue weighted by Crippen LogP contribution is -2.71. The fourth-order valence-corrected chi connectivity index (χ4v) is 5.03. The molecule has 1 aromatic rings. The van der Waals surface area contributed by atoms with Crippen LogP contribution in [0.2, 0.25) is 0 Å². The molecule has 27 heavy (non-hydrogen) atoms.